The number of carbonyl (C=O) groups excluding carboxylic acids is 2. The summed E-state index contributed by atoms with van der Waals surface area (Å²) >= 11 is 6.12. The van der Waals surface area contributed by atoms with Crippen LogP contribution >= 0.6 is 11.6 Å². The quantitative estimate of drug-likeness (QED) is 0.899. The monoisotopic (exact) mass is 341 g/mol. The minimum absolute atomic E-state index is 0.296. The molecule has 3 rings (SSSR count). The summed E-state index contributed by atoms with van der Waals surface area (Å²) in [5, 5.41) is 3.32. The third-order valence-electron chi connectivity index (χ3n) is 3.89. The minimum Gasteiger partial charge on any atom is -0.324 e. The lowest BCUT2D eigenvalue weighted by Crippen LogP contribution is -2.46. The molecule has 0 aromatic heterocycles. The Morgan fingerprint density at radius 3 is 2.62 bits per heavy atom. The first-order valence-electron chi connectivity index (χ1n) is 7.47. The zero-order valence-corrected chi connectivity index (χ0v) is 13.7. The number of fused-ring (bicyclic) bond motifs is 1. The zero-order valence-electron chi connectivity index (χ0n) is 13.0. The van der Waals surface area contributed by atoms with Gasteiger partial charge in [-0.3, -0.25) is 14.6 Å². The van der Waals surface area contributed by atoms with Crippen LogP contribution in [-0.4, -0.2) is 29.5 Å². The number of nitrogens with one attached hydrogen (secondary N) is 1. The Hall–Kier alpha value is -2.50. The van der Waals surface area contributed by atoms with E-state index in [9.17, 15) is 9.59 Å². The van der Waals surface area contributed by atoms with Crippen molar-refractivity contribution in [2.24, 2.45) is 10.7 Å². The summed E-state index contributed by atoms with van der Waals surface area (Å²) in [6.45, 7) is 1.35. The van der Waals surface area contributed by atoms with Gasteiger partial charge in [0.05, 0.1) is 17.4 Å². The molecular formula is C18H16ClN3O2. The fraction of sp³-hybridized carbons (Fsp3) is 0.167. The van der Waals surface area contributed by atoms with E-state index in [0.29, 0.717) is 22.0 Å². The zero-order chi connectivity index (χ0) is 17.3. The average molecular weight is 342 g/mol. The van der Waals surface area contributed by atoms with E-state index in [1.807, 2.05) is 30.3 Å². The van der Waals surface area contributed by atoms with Gasteiger partial charge in [-0.1, -0.05) is 41.9 Å². The highest BCUT2D eigenvalue weighted by atomic mass is 35.5. The van der Waals surface area contributed by atoms with Gasteiger partial charge in [0.1, 0.15) is 5.78 Å². The van der Waals surface area contributed by atoms with E-state index in [2.05, 4.69) is 10.3 Å². The first-order chi connectivity index (χ1) is 11.5. The van der Waals surface area contributed by atoms with E-state index in [1.165, 1.54) is 6.92 Å². The molecule has 0 spiro atoms. The summed E-state index contributed by atoms with van der Waals surface area (Å²) in [5.41, 5.74) is 8.59. The molecule has 0 bridgehead atoms. The number of nitrogens with two attached hydrogens (primary N) is 1. The Kier molecular flexibility index (Phi) is 4.46. The van der Waals surface area contributed by atoms with Crippen molar-refractivity contribution in [1.82, 2.24) is 0 Å². The molecule has 2 aromatic carbocycles. The summed E-state index contributed by atoms with van der Waals surface area (Å²) in [6.07, 6.45) is 0. The number of anilines is 1. The number of hydrogen-bond acceptors (Lipinski definition) is 4. The molecule has 6 heteroatoms. The highest BCUT2D eigenvalue weighted by Crippen LogP contribution is 2.27. The van der Waals surface area contributed by atoms with E-state index in [1.54, 1.807) is 18.2 Å². The van der Waals surface area contributed by atoms with E-state index in [-0.39, 0.29) is 5.78 Å². The Morgan fingerprint density at radius 1 is 1.25 bits per heavy atom. The van der Waals surface area contributed by atoms with E-state index < -0.39 is 18.0 Å². The highest BCUT2D eigenvalue weighted by Gasteiger charge is 2.32. The predicted molar refractivity (Wildman–Crippen MR) is 94.6 cm³/mol. The van der Waals surface area contributed by atoms with Crippen LogP contribution in [0.15, 0.2) is 53.5 Å². The van der Waals surface area contributed by atoms with Crippen LogP contribution in [0.4, 0.5) is 5.69 Å². The second-order valence-corrected chi connectivity index (χ2v) is 6.04. The van der Waals surface area contributed by atoms with Crippen molar-refractivity contribution in [2.75, 3.05) is 5.32 Å². The van der Waals surface area contributed by atoms with Crippen LogP contribution in [0.25, 0.3) is 0 Å². The van der Waals surface area contributed by atoms with Gasteiger partial charge in [-0.25, -0.2) is 0 Å². The molecular weight excluding hydrogens is 326 g/mol. The maximum atomic E-state index is 12.5. The minimum atomic E-state index is -1.01. The van der Waals surface area contributed by atoms with Gasteiger partial charge in [-0.05, 0) is 25.1 Å². The Bertz CT molecular complexity index is 833. The number of ketones is 1. The fourth-order valence-corrected chi connectivity index (χ4v) is 2.76. The number of nitrogens with zero attached hydrogens (tertiary/aromatic N) is 1. The Balaban J connectivity index is 2.22. The molecule has 0 saturated carbocycles. The molecule has 1 aliphatic rings. The van der Waals surface area contributed by atoms with Gasteiger partial charge in [0, 0.05) is 16.1 Å². The standard InChI is InChI=1S/C18H16ClN3O2/c1-10(23)15(20)17-18(24)21-14-8-7-12(19)9-13(14)16(22-17)11-5-3-2-4-6-11/h2-9,15,17H,20H2,1H3,(H,21,24). The molecule has 24 heavy (non-hydrogen) atoms. The summed E-state index contributed by atoms with van der Waals surface area (Å²) in [7, 11) is 0. The molecule has 2 aromatic rings. The van der Waals surface area contributed by atoms with Gasteiger partial charge in [0.2, 0.25) is 0 Å². The van der Waals surface area contributed by atoms with Gasteiger partial charge >= 0.3 is 0 Å². The van der Waals surface area contributed by atoms with Gasteiger partial charge in [-0.2, -0.15) is 0 Å². The number of benzodiazepines with no additional fused rings is 1. The number of Topliss-reactive ketones (excluding diaryl/α,β-unsaturated/α-hetero) is 1. The second-order valence-electron chi connectivity index (χ2n) is 5.60. The first-order valence-corrected chi connectivity index (χ1v) is 7.85. The highest BCUT2D eigenvalue weighted by molar-refractivity contribution is 6.32. The number of aliphatic imine (C=N–C) groups is 1. The van der Waals surface area contributed by atoms with Crippen LogP contribution in [0.2, 0.25) is 5.02 Å². The molecule has 122 valence electrons. The third-order valence-corrected chi connectivity index (χ3v) is 4.12. The summed E-state index contributed by atoms with van der Waals surface area (Å²) in [4.78, 5) is 28.7. The Morgan fingerprint density at radius 2 is 1.96 bits per heavy atom. The number of halogens is 1. The van der Waals surface area contributed by atoms with Crippen LogP contribution < -0.4 is 11.1 Å². The summed E-state index contributed by atoms with van der Waals surface area (Å²) < 4.78 is 0. The second kappa shape index (κ2) is 6.55. The third kappa shape index (κ3) is 3.09. The van der Waals surface area contributed by atoms with Crippen LogP contribution in [-0.2, 0) is 9.59 Å². The lowest BCUT2D eigenvalue weighted by Gasteiger charge is -2.16. The number of benzene rings is 2. The maximum absolute atomic E-state index is 12.5. The van der Waals surface area contributed by atoms with Crippen LogP contribution in [0, 0.1) is 0 Å². The molecule has 0 aliphatic carbocycles. The summed E-state index contributed by atoms with van der Waals surface area (Å²) in [5.74, 6) is -0.706. The van der Waals surface area contributed by atoms with Gasteiger partial charge in [0.25, 0.3) is 5.91 Å². The molecule has 1 heterocycles. The van der Waals surface area contributed by atoms with Crippen molar-refractivity contribution in [3.8, 4) is 0 Å². The largest absolute Gasteiger partial charge is 0.324 e. The molecule has 1 aliphatic heterocycles. The van der Waals surface area contributed by atoms with Gasteiger partial charge in [0.15, 0.2) is 6.04 Å². The van der Waals surface area contributed by atoms with Crippen molar-refractivity contribution >= 4 is 34.7 Å². The Labute approximate surface area is 144 Å². The van der Waals surface area contributed by atoms with Crippen LogP contribution in [0.1, 0.15) is 18.1 Å². The molecule has 2 atom stereocenters. The molecule has 0 fully saturated rings. The van der Waals surface area contributed by atoms with Crippen molar-refractivity contribution in [1.29, 1.82) is 0 Å². The first kappa shape index (κ1) is 16.4. The topological polar surface area (TPSA) is 84.6 Å². The molecule has 0 radical (unpaired) electrons. The molecule has 1 amide bonds. The van der Waals surface area contributed by atoms with Gasteiger partial charge in [-0.15, -0.1) is 0 Å². The van der Waals surface area contributed by atoms with Crippen molar-refractivity contribution < 1.29 is 9.59 Å². The molecule has 2 unspecified atom stereocenters. The van der Waals surface area contributed by atoms with Crippen molar-refractivity contribution in [3.63, 3.8) is 0 Å². The van der Waals surface area contributed by atoms with E-state index >= 15 is 0 Å². The molecule has 3 N–H and O–H groups in total. The van der Waals surface area contributed by atoms with Crippen LogP contribution in [0.3, 0.4) is 0 Å². The van der Waals surface area contributed by atoms with E-state index in [0.717, 1.165) is 5.56 Å². The normalized spacial score (nSPS) is 18.0. The number of rotatable bonds is 3. The molecule has 0 saturated heterocycles. The maximum Gasteiger partial charge on any atom is 0.251 e. The lowest BCUT2D eigenvalue weighted by molar-refractivity contribution is -0.123. The average Bonchev–Trinajstić information content (AvgIpc) is 2.71. The molecule has 5 nitrogen and oxygen atoms in total. The van der Waals surface area contributed by atoms with Gasteiger partial charge < -0.3 is 11.1 Å². The van der Waals surface area contributed by atoms with Crippen molar-refractivity contribution in [2.45, 2.75) is 19.0 Å². The van der Waals surface area contributed by atoms with Crippen molar-refractivity contribution in [3.05, 3.63) is 64.7 Å². The number of carbonyl (C=O) groups is 2. The van der Waals surface area contributed by atoms with Crippen LogP contribution in [0.5, 0.6) is 0 Å². The summed E-state index contributed by atoms with van der Waals surface area (Å²) in [6, 6.07) is 12.6. The lowest BCUT2D eigenvalue weighted by atomic mass is 10.0. The smallest absolute Gasteiger partial charge is 0.251 e. The predicted octanol–water partition coefficient (Wildman–Crippen LogP) is 2.41. The number of amides is 1. The van der Waals surface area contributed by atoms with E-state index in [4.69, 9.17) is 17.3 Å². The SMILES string of the molecule is CC(=O)C(N)C1N=C(c2ccccc2)c2cc(Cl)ccc2NC1=O. The fourth-order valence-electron chi connectivity index (χ4n) is 2.59. The number of hydrogen-bond donors (Lipinski definition) is 2.